The number of phenols is 1. The molecule has 0 saturated carbocycles. The summed E-state index contributed by atoms with van der Waals surface area (Å²) in [7, 11) is 0. The summed E-state index contributed by atoms with van der Waals surface area (Å²) in [6, 6.07) is 6.95. The van der Waals surface area contributed by atoms with Crippen LogP contribution in [-0.2, 0) is 0 Å². The Morgan fingerprint density at radius 2 is 2.12 bits per heavy atom. The van der Waals surface area contributed by atoms with Crippen molar-refractivity contribution in [3.63, 3.8) is 0 Å². The number of phenolic OH excluding ortho intramolecular Hbond substituents is 1. The Morgan fingerprint density at radius 3 is 2.82 bits per heavy atom. The van der Waals surface area contributed by atoms with E-state index in [9.17, 15) is 9.90 Å². The van der Waals surface area contributed by atoms with Crippen molar-refractivity contribution in [3.8, 4) is 5.75 Å². The second-order valence-corrected chi connectivity index (χ2v) is 5.82. The van der Waals surface area contributed by atoms with Gasteiger partial charge >= 0.3 is 0 Å². The van der Waals surface area contributed by atoms with Crippen molar-refractivity contribution in [2.45, 2.75) is 25.1 Å². The summed E-state index contributed by atoms with van der Waals surface area (Å²) >= 11 is 1.89. The molecule has 1 saturated heterocycles. The van der Waals surface area contributed by atoms with E-state index >= 15 is 0 Å². The van der Waals surface area contributed by atoms with Crippen molar-refractivity contribution in [3.05, 3.63) is 29.8 Å². The molecule has 0 spiro atoms. The first-order chi connectivity index (χ1) is 8.11. The maximum atomic E-state index is 12.3. The average Bonchev–Trinajstić information content (AvgIpc) is 2.32. The predicted octanol–water partition coefficient (Wildman–Crippen LogP) is 2.36. The minimum atomic E-state index is -0.0669. The molecule has 0 aliphatic carbocycles. The van der Waals surface area contributed by atoms with Crippen molar-refractivity contribution >= 4 is 17.7 Å². The first-order valence-corrected chi connectivity index (χ1v) is 6.86. The monoisotopic (exact) mass is 251 g/mol. The number of carbonyl (C=O) groups is 1. The summed E-state index contributed by atoms with van der Waals surface area (Å²) in [6.45, 7) is 4.96. The van der Waals surface area contributed by atoms with E-state index in [-0.39, 0.29) is 17.7 Å². The number of aromatic hydroxyl groups is 1. The van der Waals surface area contributed by atoms with Gasteiger partial charge in [0.25, 0.3) is 5.91 Å². The lowest BCUT2D eigenvalue weighted by atomic mass is 10.1. The minimum absolute atomic E-state index is 0.0654. The molecule has 2 rings (SSSR count). The van der Waals surface area contributed by atoms with Gasteiger partial charge in [0.15, 0.2) is 0 Å². The van der Waals surface area contributed by atoms with Gasteiger partial charge in [0, 0.05) is 23.6 Å². The van der Waals surface area contributed by atoms with E-state index in [4.69, 9.17) is 0 Å². The Labute approximate surface area is 106 Å². The van der Waals surface area contributed by atoms with Gasteiger partial charge in [-0.3, -0.25) is 4.79 Å². The summed E-state index contributed by atoms with van der Waals surface area (Å²) in [5.74, 6) is 0.962. The standard InChI is InChI=1S/C13H17NO2S/c1-9-10(2)17-8-7-14(9)13(16)11-5-3-4-6-12(11)15/h3-6,9-10,15H,7-8H2,1-2H3. The molecule has 1 aromatic carbocycles. The molecule has 2 unspecified atom stereocenters. The van der Waals surface area contributed by atoms with Gasteiger partial charge < -0.3 is 10.0 Å². The van der Waals surface area contributed by atoms with Gasteiger partial charge in [0.05, 0.1) is 5.56 Å². The topological polar surface area (TPSA) is 40.5 Å². The summed E-state index contributed by atoms with van der Waals surface area (Å²) < 4.78 is 0. The number of thioether (sulfide) groups is 1. The maximum absolute atomic E-state index is 12.3. The van der Waals surface area contributed by atoms with Gasteiger partial charge in [0.2, 0.25) is 0 Å². The van der Waals surface area contributed by atoms with Crippen LogP contribution in [0.4, 0.5) is 0 Å². The zero-order valence-electron chi connectivity index (χ0n) is 10.1. The van der Waals surface area contributed by atoms with Gasteiger partial charge in [-0.2, -0.15) is 11.8 Å². The minimum Gasteiger partial charge on any atom is -0.507 e. The summed E-state index contributed by atoms with van der Waals surface area (Å²) in [5.41, 5.74) is 0.401. The third-order valence-electron chi connectivity index (χ3n) is 3.28. The van der Waals surface area contributed by atoms with Crippen LogP contribution in [0.2, 0.25) is 0 Å². The third-order valence-corrected chi connectivity index (χ3v) is 4.62. The molecule has 3 nitrogen and oxygen atoms in total. The van der Waals surface area contributed by atoms with E-state index in [0.29, 0.717) is 10.8 Å². The third kappa shape index (κ3) is 2.41. The fourth-order valence-corrected chi connectivity index (χ4v) is 3.13. The molecule has 4 heteroatoms. The van der Waals surface area contributed by atoms with Gasteiger partial charge in [0.1, 0.15) is 5.75 Å². The molecule has 17 heavy (non-hydrogen) atoms. The predicted molar refractivity (Wildman–Crippen MR) is 70.5 cm³/mol. The fraction of sp³-hybridized carbons (Fsp3) is 0.462. The van der Waals surface area contributed by atoms with Crippen LogP contribution in [0.1, 0.15) is 24.2 Å². The van der Waals surface area contributed by atoms with Crippen LogP contribution in [0.25, 0.3) is 0 Å². The number of hydrogen-bond acceptors (Lipinski definition) is 3. The van der Waals surface area contributed by atoms with E-state index in [2.05, 4.69) is 13.8 Å². The largest absolute Gasteiger partial charge is 0.507 e. The molecular weight excluding hydrogens is 234 g/mol. The van der Waals surface area contributed by atoms with Gasteiger partial charge in [-0.1, -0.05) is 19.1 Å². The highest BCUT2D eigenvalue weighted by Crippen LogP contribution is 2.27. The fourth-order valence-electron chi connectivity index (χ4n) is 2.03. The van der Waals surface area contributed by atoms with Crippen LogP contribution in [0.3, 0.4) is 0 Å². The normalized spacial score (nSPS) is 24.7. The van der Waals surface area contributed by atoms with E-state index in [0.717, 1.165) is 12.3 Å². The first-order valence-electron chi connectivity index (χ1n) is 5.82. The van der Waals surface area contributed by atoms with Crippen LogP contribution in [0.15, 0.2) is 24.3 Å². The lowest BCUT2D eigenvalue weighted by Gasteiger charge is -2.37. The molecule has 1 fully saturated rings. The van der Waals surface area contributed by atoms with E-state index in [1.165, 1.54) is 0 Å². The lowest BCUT2D eigenvalue weighted by Crippen LogP contribution is -2.47. The maximum Gasteiger partial charge on any atom is 0.257 e. The van der Waals surface area contributed by atoms with E-state index in [1.54, 1.807) is 24.3 Å². The highest BCUT2D eigenvalue weighted by atomic mass is 32.2. The van der Waals surface area contributed by atoms with Crippen molar-refractivity contribution in [1.82, 2.24) is 4.90 Å². The van der Waals surface area contributed by atoms with Crippen molar-refractivity contribution < 1.29 is 9.90 Å². The summed E-state index contributed by atoms with van der Waals surface area (Å²) in [5, 5.41) is 10.2. The number of hydrogen-bond donors (Lipinski definition) is 1. The summed E-state index contributed by atoms with van der Waals surface area (Å²) in [4.78, 5) is 14.2. The molecule has 92 valence electrons. The smallest absolute Gasteiger partial charge is 0.257 e. The Morgan fingerprint density at radius 1 is 1.41 bits per heavy atom. The molecule has 2 atom stereocenters. The quantitative estimate of drug-likeness (QED) is 0.833. The molecule has 0 bridgehead atoms. The molecule has 0 radical (unpaired) electrons. The SMILES string of the molecule is CC1SCCN(C(=O)c2ccccc2O)C1C. The van der Waals surface area contributed by atoms with E-state index in [1.807, 2.05) is 16.7 Å². The second-order valence-electron chi connectivity index (χ2n) is 4.33. The number of nitrogens with zero attached hydrogens (tertiary/aromatic N) is 1. The van der Waals surface area contributed by atoms with Crippen molar-refractivity contribution in [2.24, 2.45) is 0 Å². The number of benzene rings is 1. The van der Waals surface area contributed by atoms with Crippen molar-refractivity contribution in [1.29, 1.82) is 0 Å². The van der Waals surface area contributed by atoms with Gasteiger partial charge in [-0.15, -0.1) is 0 Å². The Bertz CT molecular complexity index is 422. The number of rotatable bonds is 1. The van der Waals surface area contributed by atoms with Crippen LogP contribution in [0, 0.1) is 0 Å². The zero-order chi connectivity index (χ0) is 12.4. The molecular formula is C13H17NO2S. The Hall–Kier alpha value is -1.16. The number of amides is 1. The molecule has 0 aromatic heterocycles. The Balaban J connectivity index is 2.23. The number of para-hydroxylation sites is 1. The zero-order valence-corrected chi connectivity index (χ0v) is 10.9. The molecule has 1 heterocycles. The molecule has 1 N–H and O–H groups in total. The van der Waals surface area contributed by atoms with Crippen LogP contribution < -0.4 is 0 Å². The van der Waals surface area contributed by atoms with Crippen LogP contribution in [0.5, 0.6) is 5.75 Å². The van der Waals surface area contributed by atoms with E-state index < -0.39 is 0 Å². The number of carbonyl (C=O) groups excluding carboxylic acids is 1. The summed E-state index contributed by atoms with van der Waals surface area (Å²) in [6.07, 6.45) is 0. The highest BCUT2D eigenvalue weighted by molar-refractivity contribution is 8.00. The Kier molecular flexibility index (Phi) is 3.62. The molecule has 1 aromatic rings. The molecule has 1 aliphatic heterocycles. The molecule has 1 aliphatic rings. The highest BCUT2D eigenvalue weighted by Gasteiger charge is 2.30. The van der Waals surface area contributed by atoms with Crippen LogP contribution >= 0.6 is 11.8 Å². The van der Waals surface area contributed by atoms with Gasteiger partial charge in [-0.05, 0) is 19.1 Å². The second kappa shape index (κ2) is 5.00. The van der Waals surface area contributed by atoms with Gasteiger partial charge in [-0.25, -0.2) is 0 Å². The lowest BCUT2D eigenvalue weighted by molar-refractivity contribution is 0.0695. The molecule has 1 amide bonds. The van der Waals surface area contributed by atoms with Crippen LogP contribution in [-0.4, -0.2) is 39.5 Å². The first kappa shape index (κ1) is 12.3. The van der Waals surface area contributed by atoms with Crippen molar-refractivity contribution in [2.75, 3.05) is 12.3 Å². The average molecular weight is 251 g/mol.